The number of hydrogen-bond donors (Lipinski definition) is 1. The van der Waals surface area contributed by atoms with E-state index in [0.717, 1.165) is 16.8 Å². The van der Waals surface area contributed by atoms with Gasteiger partial charge in [-0.25, -0.2) is 0 Å². The van der Waals surface area contributed by atoms with Crippen LogP contribution in [0.1, 0.15) is 18.1 Å². The molecule has 23 heavy (non-hydrogen) atoms. The summed E-state index contributed by atoms with van der Waals surface area (Å²) in [4.78, 5) is 11.2. The summed E-state index contributed by atoms with van der Waals surface area (Å²) in [6, 6.07) is 20.3. The lowest BCUT2D eigenvalue weighted by Gasteiger charge is -2.02. The minimum absolute atomic E-state index is 0.0418. The second-order valence-corrected chi connectivity index (χ2v) is 5.46. The van der Waals surface area contributed by atoms with Gasteiger partial charge >= 0.3 is 0 Å². The topological polar surface area (TPSA) is 46.9 Å². The zero-order chi connectivity index (χ0) is 16.1. The molecule has 116 valence electrons. The molecule has 0 aliphatic heterocycles. The normalized spacial score (nSPS) is 10.5. The third kappa shape index (κ3) is 3.86. The molecular weight excluding hydrogens is 286 g/mol. The molecule has 1 amide bonds. The fourth-order valence-corrected chi connectivity index (χ4v) is 2.50. The third-order valence-corrected chi connectivity index (χ3v) is 3.60. The number of amides is 1. The minimum atomic E-state index is -0.0418. The second-order valence-electron chi connectivity index (χ2n) is 5.46. The van der Waals surface area contributed by atoms with E-state index in [2.05, 4.69) is 17.4 Å². The Labute approximate surface area is 135 Å². The molecule has 0 saturated heterocycles. The minimum Gasteiger partial charge on any atom is -0.352 e. The Balaban J connectivity index is 1.91. The SMILES string of the molecule is CC(=O)NCc1cn(Cc2ccccc2)nc1-c1ccccc1. The highest BCUT2D eigenvalue weighted by molar-refractivity contribution is 5.73. The van der Waals surface area contributed by atoms with Crippen molar-refractivity contribution >= 4 is 5.91 Å². The summed E-state index contributed by atoms with van der Waals surface area (Å²) < 4.78 is 1.93. The molecule has 4 nitrogen and oxygen atoms in total. The van der Waals surface area contributed by atoms with Crippen LogP contribution in [-0.4, -0.2) is 15.7 Å². The highest BCUT2D eigenvalue weighted by atomic mass is 16.1. The quantitative estimate of drug-likeness (QED) is 0.786. The second kappa shape index (κ2) is 6.92. The van der Waals surface area contributed by atoms with Crippen LogP contribution in [0.15, 0.2) is 66.9 Å². The van der Waals surface area contributed by atoms with Gasteiger partial charge < -0.3 is 5.32 Å². The van der Waals surface area contributed by atoms with Crippen molar-refractivity contribution < 1.29 is 4.79 Å². The lowest BCUT2D eigenvalue weighted by atomic mass is 10.1. The van der Waals surface area contributed by atoms with E-state index in [4.69, 9.17) is 5.10 Å². The predicted molar refractivity (Wildman–Crippen MR) is 90.7 cm³/mol. The zero-order valence-corrected chi connectivity index (χ0v) is 13.1. The highest BCUT2D eigenvalue weighted by Gasteiger charge is 2.11. The Hall–Kier alpha value is -2.88. The molecule has 0 unspecified atom stereocenters. The van der Waals surface area contributed by atoms with Crippen molar-refractivity contribution in [2.24, 2.45) is 0 Å². The van der Waals surface area contributed by atoms with E-state index >= 15 is 0 Å². The number of nitrogens with zero attached hydrogens (tertiary/aromatic N) is 2. The highest BCUT2D eigenvalue weighted by Crippen LogP contribution is 2.22. The largest absolute Gasteiger partial charge is 0.352 e. The fraction of sp³-hybridized carbons (Fsp3) is 0.158. The van der Waals surface area contributed by atoms with Crippen LogP contribution in [0.2, 0.25) is 0 Å². The molecule has 0 saturated carbocycles. The van der Waals surface area contributed by atoms with Gasteiger partial charge in [0, 0.05) is 30.8 Å². The first-order chi connectivity index (χ1) is 11.2. The van der Waals surface area contributed by atoms with Gasteiger partial charge in [0.1, 0.15) is 0 Å². The number of rotatable bonds is 5. The van der Waals surface area contributed by atoms with Crippen molar-refractivity contribution in [1.29, 1.82) is 0 Å². The molecule has 1 aromatic heterocycles. The molecule has 2 aromatic carbocycles. The smallest absolute Gasteiger partial charge is 0.217 e. The molecule has 0 aliphatic rings. The lowest BCUT2D eigenvalue weighted by molar-refractivity contribution is -0.119. The van der Waals surface area contributed by atoms with Crippen molar-refractivity contribution in [3.63, 3.8) is 0 Å². The summed E-state index contributed by atoms with van der Waals surface area (Å²) in [5.74, 6) is -0.0418. The first-order valence-electron chi connectivity index (χ1n) is 7.62. The van der Waals surface area contributed by atoms with Crippen LogP contribution in [-0.2, 0) is 17.9 Å². The van der Waals surface area contributed by atoms with Crippen LogP contribution in [0, 0.1) is 0 Å². The Morgan fingerprint density at radius 3 is 2.35 bits per heavy atom. The summed E-state index contributed by atoms with van der Waals surface area (Å²) in [5, 5.41) is 7.58. The van der Waals surface area contributed by atoms with E-state index in [1.807, 2.05) is 59.4 Å². The van der Waals surface area contributed by atoms with E-state index in [0.29, 0.717) is 13.1 Å². The van der Waals surface area contributed by atoms with Gasteiger partial charge in [-0.1, -0.05) is 60.7 Å². The Kier molecular flexibility index (Phi) is 4.52. The van der Waals surface area contributed by atoms with E-state index in [9.17, 15) is 4.79 Å². The van der Waals surface area contributed by atoms with Crippen molar-refractivity contribution in [2.45, 2.75) is 20.0 Å². The number of carbonyl (C=O) groups is 1. The molecule has 0 fully saturated rings. The van der Waals surface area contributed by atoms with Crippen LogP contribution in [0.5, 0.6) is 0 Å². The molecule has 1 N–H and O–H groups in total. The van der Waals surface area contributed by atoms with Crippen LogP contribution in [0.4, 0.5) is 0 Å². The molecular formula is C19H19N3O. The molecule has 3 rings (SSSR count). The van der Waals surface area contributed by atoms with Crippen molar-refractivity contribution in [3.8, 4) is 11.3 Å². The van der Waals surface area contributed by atoms with Crippen molar-refractivity contribution in [3.05, 3.63) is 78.0 Å². The van der Waals surface area contributed by atoms with E-state index in [1.54, 1.807) is 0 Å². The third-order valence-electron chi connectivity index (χ3n) is 3.60. The standard InChI is InChI=1S/C19H19N3O/c1-15(23)20-12-18-14-22(13-16-8-4-2-5-9-16)21-19(18)17-10-6-3-7-11-17/h2-11,14H,12-13H2,1H3,(H,20,23). The molecule has 3 aromatic rings. The monoisotopic (exact) mass is 305 g/mol. The van der Waals surface area contributed by atoms with Crippen LogP contribution in [0.25, 0.3) is 11.3 Å². The van der Waals surface area contributed by atoms with Gasteiger partial charge in [0.25, 0.3) is 0 Å². The molecule has 1 heterocycles. The molecule has 0 aliphatic carbocycles. The number of carbonyl (C=O) groups excluding carboxylic acids is 1. The lowest BCUT2D eigenvalue weighted by Crippen LogP contribution is -2.18. The van der Waals surface area contributed by atoms with E-state index in [-0.39, 0.29) is 5.91 Å². The van der Waals surface area contributed by atoms with Gasteiger partial charge in [0.2, 0.25) is 5.91 Å². The van der Waals surface area contributed by atoms with Crippen LogP contribution < -0.4 is 5.32 Å². The zero-order valence-electron chi connectivity index (χ0n) is 13.1. The van der Waals surface area contributed by atoms with Gasteiger partial charge in [-0.15, -0.1) is 0 Å². The number of nitrogens with one attached hydrogen (secondary N) is 1. The maximum atomic E-state index is 11.2. The van der Waals surface area contributed by atoms with E-state index < -0.39 is 0 Å². The summed E-state index contributed by atoms with van der Waals surface area (Å²) >= 11 is 0. The first kappa shape index (κ1) is 15.0. The summed E-state index contributed by atoms with van der Waals surface area (Å²) in [5.41, 5.74) is 4.18. The van der Waals surface area contributed by atoms with Gasteiger partial charge in [0.05, 0.1) is 12.2 Å². The Morgan fingerprint density at radius 2 is 1.70 bits per heavy atom. The molecule has 0 radical (unpaired) electrons. The predicted octanol–water partition coefficient (Wildman–Crippen LogP) is 3.23. The average Bonchev–Trinajstić information content (AvgIpc) is 2.97. The average molecular weight is 305 g/mol. The van der Waals surface area contributed by atoms with Crippen LogP contribution >= 0.6 is 0 Å². The molecule has 0 spiro atoms. The summed E-state index contributed by atoms with van der Waals surface area (Å²) in [7, 11) is 0. The van der Waals surface area contributed by atoms with Gasteiger partial charge in [-0.05, 0) is 5.56 Å². The fourth-order valence-electron chi connectivity index (χ4n) is 2.50. The maximum absolute atomic E-state index is 11.2. The summed E-state index contributed by atoms with van der Waals surface area (Å²) in [6.45, 7) is 2.71. The Bertz CT molecular complexity index is 779. The summed E-state index contributed by atoms with van der Waals surface area (Å²) in [6.07, 6.45) is 2.01. The Morgan fingerprint density at radius 1 is 1.04 bits per heavy atom. The molecule has 4 heteroatoms. The van der Waals surface area contributed by atoms with Crippen molar-refractivity contribution in [1.82, 2.24) is 15.1 Å². The maximum Gasteiger partial charge on any atom is 0.217 e. The number of hydrogen-bond acceptors (Lipinski definition) is 2. The van der Waals surface area contributed by atoms with Gasteiger partial charge in [-0.2, -0.15) is 5.10 Å². The molecule has 0 bridgehead atoms. The number of aromatic nitrogens is 2. The molecule has 0 atom stereocenters. The van der Waals surface area contributed by atoms with Gasteiger partial charge in [-0.3, -0.25) is 9.48 Å². The first-order valence-corrected chi connectivity index (χ1v) is 7.62. The van der Waals surface area contributed by atoms with Crippen LogP contribution in [0.3, 0.4) is 0 Å². The number of benzene rings is 2. The van der Waals surface area contributed by atoms with Gasteiger partial charge in [0.15, 0.2) is 0 Å². The van der Waals surface area contributed by atoms with E-state index in [1.165, 1.54) is 12.5 Å². The van der Waals surface area contributed by atoms with Crippen molar-refractivity contribution in [2.75, 3.05) is 0 Å².